The van der Waals surface area contributed by atoms with E-state index in [9.17, 15) is 4.79 Å². The van der Waals surface area contributed by atoms with Crippen molar-refractivity contribution < 1.29 is 9.21 Å². The minimum absolute atomic E-state index is 0.567. The van der Waals surface area contributed by atoms with Crippen molar-refractivity contribution in [3.63, 3.8) is 0 Å². The molecule has 3 aromatic rings. The summed E-state index contributed by atoms with van der Waals surface area (Å²) in [5.41, 5.74) is 2.52. The molecule has 4 nitrogen and oxygen atoms in total. The molecule has 18 heavy (non-hydrogen) atoms. The van der Waals surface area contributed by atoms with Gasteiger partial charge in [0.15, 0.2) is 17.9 Å². The zero-order valence-electron chi connectivity index (χ0n) is 10.2. The van der Waals surface area contributed by atoms with Crippen LogP contribution < -0.4 is 0 Å². The topological polar surface area (TPSA) is 48.0 Å². The van der Waals surface area contributed by atoms with E-state index in [2.05, 4.69) is 4.98 Å². The molecule has 0 radical (unpaired) electrons. The highest BCUT2D eigenvalue weighted by atomic mass is 16.3. The molecule has 0 N–H and O–H groups in total. The van der Waals surface area contributed by atoms with E-state index >= 15 is 0 Å². The van der Waals surface area contributed by atoms with Crippen LogP contribution in [-0.4, -0.2) is 15.8 Å². The third-order valence-electron chi connectivity index (χ3n) is 3.09. The van der Waals surface area contributed by atoms with Gasteiger partial charge in [0.25, 0.3) is 0 Å². The fourth-order valence-corrected chi connectivity index (χ4v) is 2.09. The van der Waals surface area contributed by atoms with Gasteiger partial charge in [-0.05, 0) is 25.1 Å². The first-order chi connectivity index (χ1) is 8.70. The maximum atomic E-state index is 10.8. The maximum Gasteiger partial charge on any atom is 0.177 e. The molecule has 1 aromatic carbocycles. The summed E-state index contributed by atoms with van der Waals surface area (Å²) in [5.74, 6) is 1.97. The molecule has 0 saturated carbocycles. The van der Waals surface area contributed by atoms with E-state index in [4.69, 9.17) is 4.42 Å². The van der Waals surface area contributed by atoms with Gasteiger partial charge < -0.3 is 8.98 Å². The maximum absolute atomic E-state index is 10.8. The van der Waals surface area contributed by atoms with Gasteiger partial charge >= 0.3 is 0 Å². The molecule has 4 heteroatoms. The van der Waals surface area contributed by atoms with Crippen LogP contribution in [0.4, 0.5) is 0 Å². The normalized spacial score (nSPS) is 11.0. The van der Waals surface area contributed by atoms with Gasteiger partial charge in [-0.2, -0.15) is 0 Å². The Morgan fingerprint density at radius 1 is 1.33 bits per heavy atom. The lowest BCUT2D eigenvalue weighted by Gasteiger charge is -1.97. The van der Waals surface area contributed by atoms with Crippen molar-refractivity contribution in [2.45, 2.75) is 6.92 Å². The molecule has 90 valence electrons. The highest BCUT2D eigenvalue weighted by Crippen LogP contribution is 2.26. The number of imidazole rings is 1. The van der Waals surface area contributed by atoms with Crippen LogP contribution in [0.1, 0.15) is 16.1 Å². The molecule has 0 unspecified atom stereocenters. The van der Waals surface area contributed by atoms with E-state index in [1.54, 1.807) is 13.0 Å². The number of fused-ring (bicyclic) bond motifs is 1. The van der Waals surface area contributed by atoms with Crippen molar-refractivity contribution in [2.75, 3.05) is 0 Å². The summed E-state index contributed by atoms with van der Waals surface area (Å²) >= 11 is 0. The molecule has 0 amide bonds. The first-order valence-corrected chi connectivity index (χ1v) is 5.68. The molecule has 0 atom stereocenters. The number of rotatable bonds is 2. The number of para-hydroxylation sites is 2. The predicted molar refractivity (Wildman–Crippen MR) is 68.5 cm³/mol. The summed E-state index contributed by atoms with van der Waals surface area (Å²) < 4.78 is 7.55. The first kappa shape index (κ1) is 10.8. The second-order valence-corrected chi connectivity index (χ2v) is 4.22. The highest BCUT2D eigenvalue weighted by molar-refractivity contribution is 5.82. The van der Waals surface area contributed by atoms with E-state index in [0.717, 1.165) is 23.1 Å². The zero-order valence-corrected chi connectivity index (χ0v) is 10.2. The Morgan fingerprint density at radius 2 is 2.11 bits per heavy atom. The number of carbonyl (C=O) groups excluding carboxylic acids is 1. The molecule has 0 fully saturated rings. The van der Waals surface area contributed by atoms with E-state index in [1.807, 2.05) is 35.9 Å². The number of nitrogens with zero attached hydrogens (tertiary/aromatic N) is 2. The highest BCUT2D eigenvalue weighted by Gasteiger charge is 2.15. The van der Waals surface area contributed by atoms with Crippen LogP contribution in [0.25, 0.3) is 22.6 Å². The molecule has 0 aliphatic heterocycles. The monoisotopic (exact) mass is 240 g/mol. The largest absolute Gasteiger partial charge is 0.457 e. The van der Waals surface area contributed by atoms with Crippen molar-refractivity contribution in [1.29, 1.82) is 0 Å². The molecular weight excluding hydrogens is 228 g/mol. The van der Waals surface area contributed by atoms with Gasteiger partial charge in [0.2, 0.25) is 0 Å². The van der Waals surface area contributed by atoms with Crippen molar-refractivity contribution in [3.8, 4) is 11.6 Å². The Hall–Kier alpha value is -2.36. The Labute approximate surface area is 104 Å². The average molecular weight is 240 g/mol. The molecule has 0 bridgehead atoms. The number of aldehydes is 1. The SMILES string of the molecule is Cc1oc(-c2nc3ccccc3n2C)cc1C=O. The van der Waals surface area contributed by atoms with Crippen LogP contribution in [0.15, 0.2) is 34.7 Å². The molecule has 2 heterocycles. The second-order valence-electron chi connectivity index (χ2n) is 4.22. The van der Waals surface area contributed by atoms with E-state index < -0.39 is 0 Å². The summed E-state index contributed by atoms with van der Waals surface area (Å²) in [5, 5.41) is 0. The third kappa shape index (κ3) is 1.46. The van der Waals surface area contributed by atoms with Crippen molar-refractivity contribution in [1.82, 2.24) is 9.55 Å². The lowest BCUT2D eigenvalue weighted by Crippen LogP contribution is -1.90. The van der Waals surface area contributed by atoms with E-state index in [0.29, 0.717) is 17.1 Å². The van der Waals surface area contributed by atoms with Gasteiger partial charge in [0.1, 0.15) is 5.76 Å². The zero-order chi connectivity index (χ0) is 12.7. The van der Waals surface area contributed by atoms with Gasteiger partial charge in [-0.1, -0.05) is 12.1 Å². The number of aryl methyl sites for hydroxylation is 2. The minimum atomic E-state index is 0.567. The van der Waals surface area contributed by atoms with Gasteiger partial charge in [-0.3, -0.25) is 4.79 Å². The fraction of sp³-hybridized carbons (Fsp3) is 0.143. The number of carbonyl (C=O) groups is 1. The molecule has 2 aromatic heterocycles. The van der Waals surface area contributed by atoms with Gasteiger partial charge in [0, 0.05) is 7.05 Å². The molecule has 3 rings (SSSR count). The molecule has 0 aliphatic rings. The summed E-state index contributed by atoms with van der Waals surface area (Å²) in [4.78, 5) is 15.4. The third-order valence-corrected chi connectivity index (χ3v) is 3.09. The number of hydrogen-bond acceptors (Lipinski definition) is 3. The predicted octanol–water partition coefficient (Wildman–Crippen LogP) is 2.95. The van der Waals surface area contributed by atoms with Gasteiger partial charge in [-0.15, -0.1) is 0 Å². The minimum Gasteiger partial charge on any atom is -0.457 e. The van der Waals surface area contributed by atoms with Crippen molar-refractivity contribution in [3.05, 3.63) is 41.7 Å². The van der Waals surface area contributed by atoms with Crippen LogP contribution in [0.3, 0.4) is 0 Å². The van der Waals surface area contributed by atoms with Crippen LogP contribution in [0.2, 0.25) is 0 Å². The summed E-state index contributed by atoms with van der Waals surface area (Å²) in [6.07, 6.45) is 0.797. The number of furan rings is 1. The summed E-state index contributed by atoms with van der Waals surface area (Å²) in [6.45, 7) is 1.77. The van der Waals surface area contributed by atoms with Crippen LogP contribution in [0.5, 0.6) is 0 Å². The Morgan fingerprint density at radius 3 is 2.78 bits per heavy atom. The molecular formula is C14H12N2O2. The van der Waals surface area contributed by atoms with Crippen LogP contribution in [-0.2, 0) is 7.05 Å². The second kappa shape index (κ2) is 3.84. The first-order valence-electron chi connectivity index (χ1n) is 5.68. The summed E-state index contributed by atoms with van der Waals surface area (Å²) in [7, 11) is 1.93. The molecule has 0 spiro atoms. The lowest BCUT2D eigenvalue weighted by molar-refractivity contribution is 0.112. The fourth-order valence-electron chi connectivity index (χ4n) is 2.09. The standard InChI is InChI=1S/C14H12N2O2/c1-9-10(8-17)7-13(18-9)14-15-11-5-3-4-6-12(11)16(14)2/h3-8H,1-2H3. The molecule has 0 aliphatic carbocycles. The van der Waals surface area contributed by atoms with E-state index in [-0.39, 0.29) is 0 Å². The quantitative estimate of drug-likeness (QED) is 0.647. The number of aromatic nitrogens is 2. The van der Waals surface area contributed by atoms with Gasteiger partial charge in [0.05, 0.1) is 16.6 Å². The molecule has 0 saturated heterocycles. The van der Waals surface area contributed by atoms with Crippen LogP contribution in [0, 0.1) is 6.92 Å². The van der Waals surface area contributed by atoms with Crippen LogP contribution >= 0.6 is 0 Å². The Balaban J connectivity index is 2.24. The number of hydrogen-bond donors (Lipinski definition) is 0. The Bertz CT molecular complexity index is 737. The average Bonchev–Trinajstić information content (AvgIpc) is 2.91. The smallest absolute Gasteiger partial charge is 0.177 e. The van der Waals surface area contributed by atoms with Gasteiger partial charge in [-0.25, -0.2) is 4.98 Å². The van der Waals surface area contributed by atoms with Crippen molar-refractivity contribution >= 4 is 17.3 Å². The van der Waals surface area contributed by atoms with Crippen molar-refractivity contribution in [2.24, 2.45) is 7.05 Å². The lowest BCUT2D eigenvalue weighted by atomic mass is 10.3. The summed E-state index contributed by atoms with van der Waals surface area (Å²) in [6, 6.07) is 9.60. The number of benzene rings is 1. The Kier molecular flexibility index (Phi) is 2.30. The van der Waals surface area contributed by atoms with E-state index in [1.165, 1.54) is 0 Å².